The summed E-state index contributed by atoms with van der Waals surface area (Å²) in [7, 11) is 0. The third kappa shape index (κ3) is 4.46. The van der Waals surface area contributed by atoms with E-state index in [-0.39, 0.29) is 12.1 Å². The third-order valence-electron chi connectivity index (χ3n) is 6.61. The molecule has 1 unspecified atom stereocenters. The number of nitrogens with zero attached hydrogens (tertiary/aromatic N) is 2. The fourth-order valence-electron chi connectivity index (χ4n) is 4.76. The fraction of sp³-hybridized carbons (Fsp3) is 0.480. The third-order valence-corrected chi connectivity index (χ3v) is 6.61. The number of para-hydroxylation sites is 1. The van der Waals surface area contributed by atoms with Crippen molar-refractivity contribution in [2.75, 3.05) is 32.7 Å². The largest absolute Gasteiger partial charge is 0.489 e. The summed E-state index contributed by atoms with van der Waals surface area (Å²) < 4.78 is 6.08. The highest BCUT2D eigenvalue weighted by Crippen LogP contribution is 2.40. The van der Waals surface area contributed by atoms with Crippen LogP contribution in [0.5, 0.6) is 5.75 Å². The number of hydrogen-bond acceptors (Lipinski definition) is 3. The molecular weight excluding hydrogens is 374 g/mol. The molecule has 0 aromatic heterocycles. The number of piperidine rings is 1. The molecule has 2 amide bonds. The zero-order chi connectivity index (χ0) is 20.3. The van der Waals surface area contributed by atoms with Gasteiger partial charge in [0.25, 0.3) is 0 Å². The lowest BCUT2D eigenvalue weighted by Gasteiger charge is -2.44. The van der Waals surface area contributed by atoms with Gasteiger partial charge in [-0.3, -0.25) is 0 Å². The van der Waals surface area contributed by atoms with Crippen LogP contribution in [0.4, 0.5) is 4.79 Å². The van der Waals surface area contributed by atoms with E-state index >= 15 is 0 Å². The van der Waals surface area contributed by atoms with Gasteiger partial charge in [-0.25, -0.2) is 4.79 Å². The molecule has 1 aliphatic carbocycles. The zero-order valence-electron chi connectivity index (χ0n) is 17.5. The van der Waals surface area contributed by atoms with E-state index < -0.39 is 0 Å². The van der Waals surface area contributed by atoms with E-state index in [4.69, 9.17) is 4.74 Å². The number of carbonyl (C=O) groups excluding carboxylic acids is 1. The molecule has 1 saturated carbocycles. The average molecular weight is 406 g/mol. The number of likely N-dealkylation sites (tertiary alicyclic amines) is 2. The summed E-state index contributed by atoms with van der Waals surface area (Å²) in [6, 6.07) is 21.5. The number of ether oxygens (including phenoxy) is 1. The van der Waals surface area contributed by atoms with E-state index in [9.17, 15) is 4.79 Å². The summed E-state index contributed by atoms with van der Waals surface area (Å²) >= 11 is 0. The lowest BCUT2D eigenvalue weighted by Crippen LogP contribution is -2.59. The second kappa shape index (κ2) is 8.68. The van der Waals surface area contributed by atoms with E-state index in [2.05, 4.69) is 35.6 Å². The normalized spacial score (nSPS) is 26.2. The van der Waals surface area contributed by atoms with Crippen LogP contribution in [0.1, 0.15) is 30.7 Å². The van der Waals surface area contributed by atoms with Gasteiger partial charge in [-0.2, -0.15) is 0 Å². The molecule has 30 heavy (non-hydrogen) atoms. The molecule has 3 atom stereocenters. The van der Waals surface area contributed by atoms with Crippen LogP contribution in [-0.4, -0.2) is 60.7 Å². The molecule has 1 N–H and O–H groups in total. The number of nitrogens with one attached hydrogen (secondary N) is 1. The topological polar surface area (TPSA) is 44.8 Å². The van der Waals surface area contributed by atoms with E-state index in [1.165, 1.54) is 12.0 Å². The summed E-state index contributed by atoms with van der Waals surface area (Å²) in [4.78, 5) is 16.9. The van der Waals surface area contributed by atoms with Crippen LogP contribution in [0.3, 0.4) is 0 Å². The number of benzene rings is 2. The number of amides is 2. The SMILES string of the molecule is O=C(N1CC(CN[C@@H]2C[C@H]2c2ccccc2)C1)N1CCCC(Oc2ccccc2)C1. The van der Waals surface area contributed by atoms with Gasteiger partial charge >= 0.3 is 6.03 Å². The van der Waals surface area contributed by atoms with Crippen molar-refractivity contribution in [1.82, 2.24) is 15.1 Å². The quantitative estimate of drug-likeness (QED) is 0.797. The number of carbonyl (C=O) groups is 1. The van der Waals surface area contributed by atoms with Crippen LogP contribution in [0, 0.1) is 5.92 Å². The van der Waals surface area contributed by atoms with Crippen molar-refractivity contribution in [3.05, 3.63) is 66.2 Å². The van der Waals surface area contributed by atoms with E-state index in [0.717, 1.165) is 44.8 Å². The van der Waals surface area contributed by atoms with E-state index in [1.807, 2.05) is 40.1 Å². The summed E-state index contributed by atoms with van der Waals surface area (Å²) in [6.45, 7) is 4.28. The Labute approximate surface area is 179 Å². The minimum atomic E-state index is 0.0913. The number of hydrogen-bond donors (Lipinski definition) is 1. The van der Waals surface area contributed by atoms with Crippen molar-refractivity contribution in [2.45, 2.75) is 37.3 Å². The molecule has 5 nitrogen and oxygen atoms in total. The Balaban J connectivity index is 1.03. The first-order valence-electron chi connectivity index (χ1n) is 11.3. The second-order valence-corrected chi connectivity index (χ2v) is 8.96. The van der Waals surface area contributed by atoms with Crippen molar-refractivity contribution in [3.63, 3.8) is 0 Å². The van der Waals surface area contributed by atoms with Gasteiger partial charge in [0.2, 0.25) is 0 Å². The van der Waals surface area contributed by atoms with Gasteiger partial charge in [-0.15, -0.1) is 0 Å². The Morgan fingerprint density at radius 1 is 0.967 bits per heavy atom. The highest BCUT2D eigenvalue weighted by atomic mass is 16.5. The number of rotatable bonds is 6. The van der Waals surface area contributed by atoms with Crippen molar-refractivity contribution < 1.29 is 9.53 Å². The summed E-state index contributed by atoms with van der Waals surface area (Å²) in [5.74, 6) is 2.13. The summed E-state index contributed by atoms with van der Waals surface area (Å²) in [5.41, 5.74) is 1.44. The van der Waals surface area contributed by atoms with Gasteiger partial charge in [0.1, 0.15) is 11.9 Å². The van der Waals surface area contributed by atoms with E-state index in [1.54, 1.807) is 0 Å². The summed E-state index contributed by atoms with van der Waals surface area (Å²) in [5, 5.41) is 3.71. The van der Waals surface area contributed by atoms with Crippen molar-refractivity contribution in [2.24, 2.45) is 5.92 Å². The fourth-order valence-corrected chi connectivity index (χ4v) is 4.76. The predicted molar refractivity (Wildman–Crippen MR) is 118 cm³/mol. The summed E-state index contributed by atoms with van der Waals surface area (Å²) in [6.07, 6.45) is 3.34. The Bertz CT molecular complexity index is 838. The molecule has 2 heterocycles. The Morgan fingerprint density at radius 3 is 2.47 bits per heavy atom. The smallest absolute Gasteiger partial charge is 0.320 e. The molecule has 2 saturated heterocycles. The maximum absolute atomic E-state index is 12.9. The average Bonchev–Trinajstić information content (AvgIpc) is 3.54. The first-order valence-corrected chi connectivity index (χ1v) is 11.3. The molecule has 3 fully saturated rings. The van der Waals surface area contributed by atoms with E-state index in [0.29, 0.717) is 24.4 Å². The molecule has 158 valence electrons. The predicted octanol–water partition coefficient (Wildman–Crippen LogP) is 3.73. The van der Waals surface area contributed by atoms with Crippen LogP contribution >= 0.6 is 0 Å². The van der Waals surface area contributed by atoms with Crippen LogP contribution < -0.4 is 10.1 Å². The maximum Gasteiger partial charge on any atom is 0.320 e. The molecule has 2 aromatic carbocycles. The Morgan fingerprint density at radius 2 is 1.70 bits per heavy atom. The molecule has 5 heteroatoms. The minimum absolute atomic E-state index is 0.0913. The van der Waals surface area contributed by atoms with Crippen molar-refractivity contribution in [1.29, 1.82) is 0 Å². The van der Waals surface area contributed by atoms with Gasteiger partial charge < -0.3 is 19.9 Å². The zero-order valence-corrected chi connectivity index (χ0v) is 17.5. The first-order chi connectivity index (χ1) is 14.8. The maximum atomic E-state index is 12.9. The molecule has 2 aromatic rings. The highest BCUT2D eigenvalue weighted by Gasteiger charge is 2.40. The Kier molecular flexibility index (Phi) is 5.63. The molecule has 2 aliphatic heterocycles. The highest BCUT2D eigenvalue weighted by molar-refractivity contribution is 5.75. The molecule has 3 aliphatic rings. The van der Waals surface area contributed by atoms with Crippen molar-refractivity contribution in [3.8, 4) is 5.75 Å². The van der Waals surface area contributed by atoms with Gasteiger partial charge in [0.15, 0.2) is 0 Å². The molecule has 0 bridgehead atoms. The van der Waals surface area contributed by atoms with Gasteiger partial charge in [0, 0.05) is 44.1 Å². The van der Waals surface area contributed by atoms with Gasteiger partial charge in [-0.05, 0) is 37.0 Å². The van der Waals surface area contributed by atoms with Crippen LogP contribution in [0.25, 0.3) is 0 Å². The standard InChI is InChI=1S/C25H31N3O2/c29-25(27-13-7-12-22(18-27)30-21-10-5-2-6-11-21)28-16-19(17-28)15-26-24-14-23(24)20-8-3-1-4-9-20/h1-6,8-11,19,22-24,26H,7,12-18H2/t22?,23-,24+/m0/s1. The molecule has 5 rings (SSSR count). The molecular formula is C25H31N3O2. The van der Waals surface area contributed by atoms with Gasteiger partial charge in [-0.1, -0.05) is 48.5 Å². The first kappa shape index (κ1) is 19.4. The molecule has 0 spiro atoms. The Hall–Kier alpha value is -2.53. The van der Waals surface area contributed by atoms with Crippen LogP contribution in [0.15, 0.2) is 60.7 Å². The lowest BCUT2D eigenvalue weighted by molar-refractivity contribution is 0.0573. The van der Waals surface area contributed by atoms with Gasteiger partial charge in [0.05, 0.1) is 6.54 Å². The monoisotopic (exact) mass is 405 g/mol. The minimum Gasteiger partial charge on any atom is -0.489 e. The molecule has 0 radical (unpaired) electrons. The van der Waals surface area contributed by atoms with Crippen LogP contribution in [-0.2, 0) is 0 Å². The second-order valence-electron chi connectivity index (χ2n) is 8.96. The number of urea groups is 1. The van der Waals surface area contributed by atoms with Crippen molar-refractivity contribution >= 4 is 6.03 Å². The lowest BCUT2D eigenvalue weighted by atomic mass is 10.00. The van der Waals surface area contributed by atoms with Crippen LogP contribution in [0.2, 0.25) is 0 Å².